The van der Waals surface area contributed by atoms with Gasteiger partial charge in [-0.1, -0.05) is 6.08 Å². The Labute approximate surface area is 111 Å². The second kappa shape index (κ2) is 8.33. The van der Waals surface area contributed by atoms with Crippen molar-refractivity contribution in [1.29, 1.82) is 0 Å². The number of carbonyl (C=O) groups is 1. The normalized spacial score (nSPS) is 10.2. The predicted octanol–water partition coefficient (Wildman–Crippen LogP) is 2.72. The SMILES string of the molecule is C=CCSCCNCc1sccc1NC(C)=O. The highest BCUT2D eigenvalue weighted by atomic mass is 32.2. The molecule has 0 aliphatic carbocycles. The van der Waals surface area contributed by atoms with Gasteiger partial charge in [0.1, 0.15) is 0 Å². The Bertz CT molecular complexity index is 363. The number of hydrogen-bond donors (Lipinski definition) is 2. The maximum Gasteiger partial charge on any atom is 0.221 e. The summed E-state index contributed by atoms with van der Waals surface area (Å²) in [7, 11) is 0. The van der Waals surface area contributed by atoms with Crippen LogP contribution in [-0.2, 0) is 11.3 Å². The molecule has 1 aromatic heterocycles. The fourth-order valence-corrected chi connectivity index (χ4v) is 2.71. The zero-order valence-electron chi connectivity index (χ0n) is 9.99. The molecule has 0 unspecified atom stereocenters. The summed E-state index contributed by atoms with van der Waals surface area (Å²) in [6, 6.07) is 1.94. The minimum atomic E-state index is -0.0220. The van der Waals surface area contributed by atoms with Crippen molar-refractivity contribution in [1.82, 2.24) is 5.32 Å². The van der Waals surface area contributed by atoms with Gasteiger partial charge < -0.3 is 10.6 Å². The minimum absolute atomic E-state index is 0.0220. The molecule has 17 heavy (non-hydrogen) atoms. The molecule has 0 bridgehead atoms. The maximum atomic E-state index is 11.0. The Morgan fingerprint density at radius 1 is 1.65 bits per heavy atom. The fourth-order valence-electron chi connectivity index (χ4n) is 1.29. The molecule has 0 spiro atoms. The predicted molar refractivity (Wildman–Crippen MR) is 77.9 cm³/mol. The quantitative estimate of drug-likeness (QED) is 0.564. The molecular formula is C12H18N2OS2. The average molecular weight is 270 g/mol. The van der Waals surface area contributed by atoms with E-state index in [9.17, 15) is 4.79 Å². The van der Waals surface area contributed by atoms with Gasteiger partial charge >= 0.3 is 0 Å². The Balaban J connectivity index is 2.24. The second-order valence-corrected chi connectivity index (χ2v) is 5.63. The molecule has 0 fully saturated rings. The summed E-state index contributed by atoms with van der Waals surface area (Å²) in [6.07, 6.45) is 1.92. The monoisotopic (exact) mass is 270 g/mol. The molecule has 1 amide bonds. The van der Waals surface area contributed by atoms with E-state index in [2.05, 4.69) is 17.2 Å². The standard InChI is InChI=1S/C12H18N2OS2/c1-3-6-16-8-5-13-9-12-11(4-7-17-12)14-10(2)15/h3-4,7,13H,1,5-6,8-9H2,2H3,(H,14,15). The van der Waals surface area contributed by atoms with Crippen molar-refractivity contribution in [3.05, 3.63) is 29.0 Å². The van der Waals surface area contributed by atoms with Crippen molar-refractivity contribution >= 4 is 34.7 Å². The van der Waals surface area contributed by atoms with E-state index in [1.54, 1.807) is 11.3 Å². The van der Waals surface area contributed by atoms with Crippen LogP contribution in [0, 0.1) is 0 Å². The van der Waals surface area contributed by atoms with Gasteiger partial charge in [0.05, 0.1) is 5.69 Å². The Hall–Kier alpha value is -0.780. The van der Waals surface area contributed by atoms with E-state index in [1.807, 2.05) is 29.3 Å². The van der Waals surface area contributed by atoms with Crippen LogP contribution < -0.4 is 10.6 Å². The lowest BCUT2D eigenvalue weighted by Crippen LogP contribution is -2.17. The number of thiophene rings is 1. The topological polar surface area (TPSA) is 41.1 Å². The lowest BCUT2D eigenvalue weighted by atomic mass is 10.3. The molecule has 94 valence electrons. The number of amides is 1. The number of thioether (sulfide) groups is 1. The van der Waals surface area contributed by atoms with Crippen molar-refractivity contribution in [2.24, 2.45) is 0 Å². The molecule has 0 saturated heterocycles. The largest absolute Gasteiger partial charge is 0.325 e. The average Bonchev–Trinajstić information content (AvgIpc) is 2.70. The molecule has 2 N–H and O–H groups in total. The van der Waals surface area contributed by atoms with Crippen LogP contribution in [0.3, 0.4) is 0 Å². The van der Waals surface area contributed by atoms with Crippen molar-refractivity contribution in [3.63, 3.8) is 0 Å². The first-order chi connectivity index (χ1) is 8.24. The first-order valence-corrected chi connectivity index (χ1v) is 7.50. The zero-order valence-corrected chi connectivity index (χ0v) is 11.6. The van der Waals surface area contributed by atoms with Crippen LogP contribution in [0.1, 0.15) is 11.8 Å². The van der Waals surface area contributed by atoms with E-state index in [-0.39, 0.29) is 5.91 Å². The second-order valence-electron chi connectivity index (χ2n) is 3.48. The van der Waals surface area contributed by atoms with Gasteiger partial charge in [0, 0.05) is 36.4 Å². The summed E-state index contributed by atoms with van der Waals surface area (Å²) in [4.78, 5) is 12.1. The third kappa shape index (κ3) is 5.91. The van der Waals surface area contributed by atoms with Crippen LogP contribution in [-0.4, -0.2) is 24.0 Å². The van der Waals surface area contributed by atoms with Crippen molar-refractivity contribution < 1.29 is 4.79 Å². The number of anilines is 1. The summed E-state index contributed by atoms with van der Waals surface area (Å²) in [6.45, 7) is 6.98. The lowest BCUT2D eigenvalue weighted by Gasteiger charge is -2.06. The molecule has 0 aromatic carbocycles. The van der Waals surface area contributed by atoms with E-state index in [0.717, 1.165) is 30.3 Å². The van der Waals surface area contributed by atoms with Crippen LogP contribution in [0.15, 0.2) is 24.1 Å². The highest BCUT2D eigenvalue weighted by Gasteiger charge is 2.04. The first-order valence-electron chi connectivity index (χ1n) is 5.47. The maximum absolute atomic E-state index is 11.0. The van der Waals surface area contributed by atoms with Gasteiger partial charge in [-0.2, -0.15) is 11.8 Å². The first kappa shape index (κ1) is 14.3. The van der Waals surface area contributed by atoms with Gasteiger partial charge in [-0.15, -0.1) is 17.9 Å². The highest BCUT2D eigenvalue weighted by Crippen LogP contribution is 2.21. The molecular weight excluding hydrogens is 252 g/mol. The van der Waals surface area contributed by atoms with Crippen LogP contribution in [0.5, 0.6) is 0 Å². The number of carbonyl (C=O) groups excluding carboxylic acids is 1. The van der Waals surface area contributed by atoms with Crippen molar-refractivity contribution in [2.45, 2.75) is 13.5 Å². The van der Waals surface area contributed by atoms with Crippen LogP contribution in [0.2, 0.25) is 0 Å². The summed E-state index contributed by atoms with van der Waals surface area (Å²) in [5, 5.41) is 8.19. The van der Waals surface area contributed by atoms with Crippen LogP contribution in [0.4, 0.5) is 5.69 Å². The van der Waals surface area contributed by atoms with Gasteiger partial charge in [-0.25, -0.2) is 0 Å². The molecule has 5 heteroatoms. The van der Waals surface area contributed by atoms with E-state index in [1.165, 1.54) is 11.8 Å². The van der Waals surface area contributed by atoms with Crippen LogP contribution in [0.25, 0.3) is 0 Å². The summed E-state index contributed by atoms with van der Waals surface area (Å²) in [5.41, 5.74) is 0.925. The molecule has 1 aromatic rings. The number of rotatable bonds is 8. The van der Waals surface area contributed by atoms with Gasteiger partial charge in [0.2, 0.25) is 5.91 Å². The van der Waals surface area contributed by atoms with Gasteiger partial charge in [0.25, 0.3) is 0 Å². The van der Waals surface area contributed by atoms with Gasteiger partial charge in [-0.05, 0) is 11.4 Å². The Morgan fingerprint density at radius 3 is 3.18 bits per heavy atom. The summed E-state index contributed by atoms with van der Waals surface area (Å²) >= 11 is 3.52. The number of nitrogens with one attached hydrogen (secondary N) is 2. The molecule has 0 aliphatic rings. The molecule has 0 atom stereocenters. The summed E-state index contributed by atoms with van der Waals surface area (Å²) < 4.78 is 0. The number of hydrogen-bond acceptors (Lipinski definition) is 4. The smallest absolute Gasteiger partial charge is 0.221 e. The third-order valence-electron chi connectivity index (χ3n) is 2.00. The van der Waals surface area contributed by atoms with Crippen molar-refractivity contribution in [2.75, 3.05) is 23.4 Å². The molecule has 0 aliphatic heterocycles. The lowest BCUT2D eigenvalue weighted by molar-refractivity contribution is -0.114. The Morgan fingerprint density at radius 2 is 2.47 bits per heavy atom. The highest BCUT2D eigenvalue weighted by molar-refractivity contribution is 7.99. The van der Waals surface area contributed by atoms with Gasteiger partial charge in [0.15, 0.2) is 0 Å². The molecule has 1 heterocycles. The summed E-state index contributed by atoms with van der Waals surface area (Å²) in [5.74, 6) is 2.05. The van der Waals surface area contributed by atoms with Crippen molar-refractivity contribution in [3.8, 4) is 0 Å². The Kier molecular flexibility index (Phi) is 7.00. The third-order valence-corrected chi connectivity index (χ3v) is 3.89. The van der Waals surface area contributed by atoms with Gasteiger partial charge in [-0.3, -0.25) is 4.79 Å². The molecule has 1 rings (SSSR count). The fraction of sp³-hybridized carbons (Fsp3) is 0.417. The molecule has 3 nitrogen and oxygen atoms in total. The van der Waals surface area contributed by atoms with E-state index < -0.39 is 0 Å². The van der Waals surface area contributed by atoms with Crippen LogP contribution >= 0.6 is 23.1 Å². The minimum Gasteiger partial charge on any atom is -0.325 e. The van der Waals surface area contributed by atoms with E-state index in [0.29, 0.717) is 0 Å². The molecule has 0 saturated carbocycles. The zero-order chi connectivity index (χ0) is 12.5. The van der Waals surface area contributed by atoms with E-state index >= 15 is 0 Å². The van der Waals surface area contributed by atoms with E-state index in [4.69, 9.17) is 0 Å². The molecule has 0 radical (unpaired) electrons.